The maximum Gasteiger partial charge on any atom is 0.341 e. The van der Waals surface area contributed by atoms with Crippen LogP contribution < -0.4 is 0 Å². The molecule has 1 saturated heterocycles. The van der Waals surface area contributed by atoms with Crippen molar-refractivity contribution >= 4 is 5.97 Å². The highest BCUT2D eigenvalue weighted by molar-refractivity contribution is 5.85. The number of carbonyl (C=O) groups is 1. The summed E-state index contributed by atoms with van der Waals surface area (Å²) in [5, 5.41) is 0. The lowest BCUT2D eigenvalue weighted by Crippen LogP contribution is -2.39. The molecule has 2 aliphatic rings. The predicted molar refractivity (Wildman–Crippen MR) is 47.1 cm³/mol. The first-order chi connectivity index (χ1) is 6.13. The second-order valence-corrected chi connectivity index (χ2v) is 3.86. The molecule has 1 fully saturated rings. The Balaban J connectivity index is 2.27. The number of ether oxygens (including phenoxy) is 2. The van der Waals surface area contributed by atoms with E-state index in [4.69, 9.17) is 9.47 Å². The topological polar surface area (TPSA) is 38.8 Å². The molecular weight excluding hydrogens is 168 g/mol. The quantitative estimate of drug-likeness (QED) is 0.347. The Morgan fingerprint density at radius 1 is 1.46 bits per heavy atom. The molecule has 13 heavy (non-hydrogen) atoms. The third kappa shape index (κ3) is 0.967. The molecule has 1 aliphatic heterocycles. The van der Waals surface area contributed by atoms with Gasteiger partial charge in [-0.15, -0.1) is 0 Å². The molecule has 0 aromatic heterocycles. The number of allylic oxidation sites excluding steroid dienone is 1. The summed E-state index contributed by atoms with van der Waals surface area (Å²) in [6.45, 7) is 4.12. The van der Waals surface area contributed by atoms with Crippen LogP contribution >= 0.6 is 0 Å². The van der Waals surface area contributed by atoms with E-state index >= 15 is 0 Å². The van der Waals surface area contributed by atoms with E-state index in [-0.39, 0.29) is 18.0 Å². The highest BCUT2D eigenvalue weighted by Crippen LogP contribution is 2.50. The Morgan fingerprint density at radius 3 is 2.77 bits per heavy atom. The minimum atomic E-state index is -0.664. The minimum absolute atomic E-state index is 0.0499. The van der Waals surface area contributed by atoms with Crippen molar-refractivity contribution in [3.8, 4) is 0 Å². The van der Waals surface area contributed by atoms with Crippen LogP contribution in [0.15, 0.2) is 12.2 Å². The van der Waals surface area contributed by atoms with Crippen molar-refractivity contribution in [2.75, 3.05) is 7.11 Å². The lowest BCUT2D eigenvalue weighted by Gasteiger charge is -2.24. The monoisotopic (exact) mass is 182 g/mol. The maximum atomic E-state index is 11.5. The highest BCUT2D eigenvalue weighted by Gasteiger charge is 2.67. The van der Waals surface area contributed by atoms with Gasteiger partial charge in [0.05, 0.1) is 7.11 Å². The summed E-state index contributed by atoms with van der Waals surface area (Å²) in [6, 6.07) is 0. The first-order valence-corrected chi connectivity index (χ1v) is 4.57. The van der Waals surface area contributed by atoms with Crippen LogP contribution in [-0.2, 0) is 14.3 Å². The first kappa shape index (κ1) is 8.75. The van der Waals surface area contributed by atoms with Crippen molar-refractivity contribution < 1.29 is 14.3 Å². The standard InChI is InChI=1S/C10H14O3/c1-6-4-5-8-10(13-8,7(6)2)9(11)12-3/h4-8H,1-3H3/t6-,7-,8+,10-/m1/s1. The van der Waals surface area contributed by atoms with Crippen LogP contribution in [0.3, 0.4) is 0 Å². The molecule has 0 amide bonds. The van der Waals surface area contributed by atoms with Crippen molar-refractivity contribution in [3.63, 3.8) is 0 Å². The van der Waals surface area contributed by atoms with Crippen LogP contribution in [0.5, 0.6) is 0 Å². The van der Waals surface area contributed by atoms with Crippen LogP contribution in [0, 0.1) is 11.8 Å². The van der Waals surface area contributed by atoms with Gasteiger partial charge in [0.2, 0.25) is 0 Å². The van der Waals surface area contributed by atoms with Gasteiger partial charge in [0.15, 0.2) is 5.60 Å². The minimum Gasteiger partial charge on any atom is -0.467 e. The van der Waals surface area contributed by atoms with E-state index in [1.54, 1.807) is 0 Å². The number of rotatable bonds is 1. The van der Waals surface area contributed by atoms with E-state index < -0.39 is 5.60 Å². The van der Waals surface area contributed by atoms with Gasteiger partial charge in [0.25, 0.3) is 0 Å². The molecule has 0 bridgehead atoms. The Labute approximate surface area is 77.7 Å². The predicted octanol–water partition coefficient (Wildman–Crippen LogP) is 1.14. The number of hydrogen-bond acceptors (Lipinski definition) is 3. The van der Waals surface area contributed by atoms with Gasteiger partial charge in [0, 0.05) is 5.92 Å². The van der Waals surface area contributed by atoms with Gasteiger partial charge in [-0.2, -0.15) is 0 Å². The van der Waals surface area contributed by atoms with Gasteiger partial charge in [0.1, 0.15) is 6.10 Å². The molecule has 3 nitrogen and oxygen atoms in total. The fourth-order valence-corrected chi connectivity index (χ4v) is 2.07. The summed E-state index contributed by atoms with van der Waals surface area (Å²) >= 11 is 0. The molecule has 3 heteroatoms. The lowest BCUT2D eigenvalue weighted by molar-refractivity contribution is -0.149. The molecular formula is C10H14O3. The first-order valence-electron chi connectivity index (χ1n) is 4.57. The molecule has 1 heterocycles. The van der Waals surface area contributed by atoms with Crippen LogP contribution in [-0.4, -0.2) is 24.8 Å². The van der Waals surface area contributed by atoms with Crippen molar-refractivity contribution in [2.24, 2.45) is 11.8 Å². The Hall–Kier alpha value is -0.830. The summed E-state index contributed by atoms with van der Waals surface area (Å²) in [5.41, 5.74) is -0.664. The maximum absolute atomic E-state index is 11.5. The van der Waals surface area contributed by atoms with Crippen LogP contribution in [0.2, 0.25) is 0 Å². The zero-order valence-corrected chi connectivity index (χ0v) is 8.11. The molecule has 0 unspecified atom stereocenters. The number of fused-ring (bicyclic) bond motifs is 1. The van der Waals surface area contributed by atoms with Crippen molar-refractivity contribution in [3.05, 3.63) is 12.2 Å². The van der Waals surface area contributed by atoms with Gasteiger partial charge in [-0.25, -0.2) is 4.79 Å². The summed E-state index contributed by atoms with van der Waals surface area (Å²) in [5.74, 6) is 0.342. The van der Waals surface area contributed by atoms with Crippen molar-refractivity contribution in [1.82, 2.24) is 0 Å². The van der Waals surface area contributed by atoms with E-state index in [1.807, 2.05) is 13.0 Å². The van der Waals surface area contributed by atoms with Crippen LogP contribution in [0.1, 0.15) is 13.8 Å². The molecule has 0 spiro atoms. The Bertz CT molecular complexity index is 271. The molecule has 72 valence electrons. The van der Waals surface area contributed by atoms with Gasteiger partial charge in [-0.3, -0.25) is 0 Å². The number of esters is 1. The van der Waals surface area contributed by atoms with E-state index in [2.05, 4.69) is 13.0 Å². The Morgan fingerprint density at radius 2 is 2.15 bits per heavy atom. The SMILES string of the molecule is COC(=O)[C@]12O[C@H]1C=C[C@@H](C)[C@H]2C. The molecule has 2 rings (SSSR count). The summed E-state index contributed by atoms with van der Waals surface area (Å²) in [7, 11) is 1.41. The van der Waals surface area contributed by atoms with Gasteiger partial charge in [-0.1, -0.05) is 26.0 Å². The average molecular weight is 182 g/mol. The number of methoxy groups -OCH3 is 1. The summed E-state index contributed by atoms with van der Waals surface area (Å²) in [6.07, 6.45) is 4.01. The second kappa shape index (κ2) is 2.58. The van der Waals surface area contributed by atoms with E-state index in [0.29, 0.717) is 5.92 Å². The summed E-state index contributed by atoms with van der Waals surface area (Å²) in [4.78, 5) is 11.5. The van der Waals surface area contributed by atoms with E-state index in [0.717, 1.165) is 0 Å². The van der Waals surface area contributed by atoms with E-state index in [9.17, 15) is 4.79 Å². The van der Waals surface area contributed by atoms with Crippen molar-refractivity contribution in [2.45, 2.75) is 25.6 Å². The smallest absolute Gasteiger partial charge is 0.341 e. The zero-order valence-electron chi connectivity index (χ0n) is 8.11. The van der Waals surface area contributed by atoms with Gasteiger partial charge < -0.3 is 9.47 Å². The molecule has 0 aromatic carbocycles. The lowest BCUT2D eigenvalue weighted by atomic mass is 9.77. The largest absolute Gasteiger partial charge is 0.467 e. The molecule has 0 aromatic rings. The Kier molecular flexibility index (Phi) is 1.74. The number of epoxide rings is 1. The zero-order chi connectivity index (χ0) is 9.64. The van der Waals surface area contributed by atoms with Gasteiger partial charge >= 0.3 is 5.97 Å². The van der Waals surface area contributed by atoms with Crippen molar-refractivity contribution in [1.29, 1.82) is 0 Å². The number of carbonyl (C=O) groups excluding carboxylic acids is 1. The summed E-state index contributed by atoms with van der Waals surface area (Å²) < 4.78 is 10.2. The van der Waals surface area contributed by atoms with Gasteiger partial charge in [-0.05, 0) is 5.92 Å². The highest BCUT2D eigenvalue weighted by atomic mass is 16.7. The van der Waals surface area contributed by atoms with Crippen LogP contribution in [0.25, 0.3) is 0 Å². The fourth-order valence-electron chi connectivity index (χ4n) is 2.07. The molecule has 0 radical (unpaired) electrons. The molecule has 0 saturated carbocycles. The van der Waals surface area contributed by atoms with Crippen LogP contribution in [0.4, 0.5) is 0 Å². The third-order valence-electron chi connectivity index (χ3n) is 3.25. The molecule has 1 aliphatic carbocycles. The second-order valence-electron chi connectivity index (χ2n) is 3.86. The molecule has 0 N–H and O–H groups in total. The van der Waals surface area contributed by atoms with E-state index in [1.165, 1.54) is 7.11 Å². The fraction of sp³-hybridized carbons (Fsp3) is 0.700. The normalized spacial score (nSPS) is 46.8. The number of hydrogen-bond donors (Lipinski definition) is 0. The molecule has 4 atom stereocenters. The third-order valence-corrected chi connectivity index (χ3v) is 3.25. The average Bonchev–Trinajstić information content (AvgIpc) is 2.87.